The van der Waals surface area contributed by atoms with Crippen LogP contribution in [-0.2, 0) is 0 Å². The van der Waals surface area contributed by atoms with Gasteiger partial charge in [-0.2, -0.15) is 0 Å². The molecule has 7 nitrogen and oxygen atoms in total. The van der Waals surface area contributed by atoms with Crippen molar-refractivity contribution < 1.29 is 0 Å². The van der Waals surface area contributed by atoms with E-state index in [0.717, 1.165) is 73.4 Å². The lowest BCUT2D eigenvalue weighted by Gasteiger charge is -2.21. The van der Waals surface area contributed by atoms with Gasteiger partial charge < -0.3 is 38.5 Å². The summed E-state index contributed by atoms with van der Waals surface area (Å²) >= 11 is 0. The summed E-state index contributed by atoms with van der Waals surface area (Å²) in [7, 11) is 4.12. The average Bonchev–Trinajstić information content (AvgIpc) is 3.16. The molecule has 0 spiro atoms. The van der Waals surface area contributed by atoms with Gasteiger partial charge in [-0.15, -0.1) is 0 Å². The van der Waals surface area contributed by atoms with Crippen LogP contribution in [0.2, 0.25) is 0 Å². The number of nitrogens with two attached hydrogens (primary N) is 5. The van der Waals surface area contributed by atoms with Gasteiger partial charge in [-0.1, -0.05) is 54.6 Å². The third-order valence-electron chi connectivity index (χ3n) is 8.89. The summed E-state index contributed by atoms with van der Waals surface area (Å²) in [6, 6.07) is 54.5. The number of anilines is 9. The van der Waals surface area contributed by atoms with Gasteiger partial charge in [-0.05, 0) is 143 Å². The Morgan fingerprint density at radius 1 is 0.275 bits per heavy atom. The second kappa shape index (κ2) is 15.1. The number of hydrogen-bond donors (Lipinski definition) is 5. The standard InChI is InChI=1S/C26H26N4.C18H17N3/c1-29(25-15-7-21(27)8-16-25)23-11-3-19(4-12-23)20-5-13-24(14-6-20)30(2)26-17-9-22(28)10-18-26;19-14-5-1-12(2-6-14)17-10-9-16(21)11-18(17)13-3-7-15(20)8-4-13/h3-18H,27-28H2,1-2H3;1-11H,19-21H2. The molecule has 0 aliphatic carbocycles. The highest BCUT2D eigenvalue weighted by atomic mass is 15.1. The van der Waals surface area contributed by atoms with E-state index in [1.807, 2.05) is 115 Å². The van der Waals surface area contributed by atoms with E-state index < -0.39 is 0 Å². The first-order valence-electron chi connectivity index (χ1n) is 16.6. The Labute approximate surface area is 300 Å². The van der Waals surface area contributed by atoms with Crippen LogP contribution in [0.4, 0.5) is 51.2 Å². The van der Waals surface area contributed by atoms with E-state index in [1.54, 1.807) is 0 Å². The highest BCUT2D eigenvalue weighted by Crippen LogP contribution is 2.35. The molecule has 0 bridgehead atoms. The van der Waals surface area contributed by atoms with E-state index in [0.29, 0.717) is 0 Å². The highest BCUT2D eigenvalue weighted by molar-refractivity contribution is 5.86. The normalized spacial score (nSPS) is 10.5. The lowest BCUT2D eigenvalue weighted by Crippen LogP contribution is -2.09. The van der Waals surface area contributed by atoms with Gasteiger partial charge in [0.05, 0.1) is 0 Å². The van der Waals surface area contributed by atoms with Gasteiger partial charge in [0.25, 0.3) is 0 Å². The van der Waals surface area contributed by atoms with Crippen LogP contribution in [0.5, 0.6) is 0 Å². The molecule has 0 atom stereocenters. The van der Waals surface area contributed by atoms with Gasteiger partial charge in [0, 0.05) is 65.3 Å². The monoisotopic (exact) mass is 669 g/mol. The summed E-state index contributed by atoms with van der Waals surface area (Å²) in [4.78, 5) is 4.29. The second-order valence-electron chi connectivity index (χ2n) is 12.4. The van der Waals surface area contributed by atoms with Gasteiger partial charge >= 0.3 is 0 Å². The average molecular weight is 670 g/mol. The largest absolute Gasteiger partial charge is 0.399 e. The quantitative estimate of drug-likeness (QED) is 0.107. The Morgan fingerprint density at radius 3 is 0.882 bits per heavy atom. The topological polar surface area (TPSA) is 137 Å². The lowest BCUT2D eigenvalue weighted by atomic mass is 9.94. The Morgan fingerprint density at radius 2 is 0.529 bits per heavy atom. The molecule has 0 saturated heterocycles. The maximum atomic E-state index is 5.95. The molecule has 10 N–H and O–H groups in total. The lowest BCUT2D eigenvalue weighted by molar-refractivity contribution is 1.21. The maximum absolute atomic E-state index is 5.95. The number of rotatable bonds is 7. The van der Waals surface area contributed by atoms with Crippen molar-refractivity contribution in [2.24, 2.45) is 0 Å². The van der Waals surface area contributed by atoms with E-state index in [9.17, 15) is 0 Å². The zero-order chi connectivity index (χ0) is 35.9. The van der Waals surface area contributed by atoms with Crippen LogP contribution in [0.1, 0.15) is 0 Å². The Bertz CT molecular complexity index is 2080. The van der Waals surface area contributed by atoms with E-state index >= 15 is 0 Å². The van der Waals surface area contributed by atoms with Crippen molar-refractivity contribution in [2.45, 2.75) is 0 Å². The minimum atomic E-state index is 0.737. The van der Waals surface area contributed by atoms with Crippen LogP contribution in [0.15, 0.2) is 164 Å². The van der Waals surface area contributed by atoms with Crippen LogP contribution in [0.3, 0.4) is 0 Å². The first-order valence-corrected chi connectivity index (χ1v) is 16.6. The van der Waals surface area contributed by atoms with E-state index in [4.69, 9.17) is 28.7 Å². The van der Waals surface area contributed by atoms with Crippen molar-refractivity contribution >= 4 is 51.2 Å². The summed E-state index contributed by atoms with van der Waals surface area (Å²) < 4.78 is 0. The number of nitrogens with zero attached hydrogens (tertiary/aromatic N) is 2. The second-order valence-corrected chi connectivity index (χ2v) is 12.4. The van der Waals surface area contributed by atoms with Crippen molar-refractivity contribution in [2.75, 3.05) is 52.6 Å². The van der Waals surface area contributed by atoms with E-state index in [1.165, 1.54) is 11.1 Å². The van der Waals surface area contributed by atoms with Crippen LogP contribution < -0.4 is 38.5 Å². The van der Waals surface area contributed by atoms with Crippen LogP contribution >= 0.6 is 0 Å². The minimum absolute atomic E-state index is 0.737. The molecule has 0 heterocycles. The van der Waals surface area contributed by atoms with Gasteiger partial charge in [0.15, 0.2) is 0 Å². The molecule has 51 heavy (non-hydrogen) atoms. The predicted molar refractivity (Wildman–Crippen MR) is 220 cm³/mol. The predicted octanol–water partition coefficient (Wildman–Crippen LogP) is 9.82. The molecule has 7 heteroatoms. The fourth-order valence-electron chi connectivity index (χ4n) is 5.83. The zero-order valence-corrected chi connectivity index (χ0v) is 28.9. The molecule has 7 aromatic carbocycles. The maximum Gasteiger partial charge on any atom is 0.0409 e. The molecule has 0 amide bonds. The fraction of sp³-hybridized carbons (Fsp3) is 0.0455. The molecule has 0 radical (unpaired) electrons. The fourth-order valence-corrected chi connectivity index (χ4v) is 5.83. The van der Waals surface area contributed by atoms with Gasteiger partial charge in [-0.3, -0.25) is 0 Å². The molecular formula is C44H43N7. The summed E-state index contributed by atoms with van der Waals surface area (Å²) in [5, 5.41) is 0. The first-order chi connectivity index (χ1) is 24.6. The van der Waals surface area contributed by atoms with Gasteiger partial charge in [0.2, 0.25) is 0 Å². The summed E-state index contributed by atoms with van der Waals surface area (Å²) in [5.74, 6) is 0. The van der Waals surface area contributed by atoms with Crippen LogP contribution in [0.25, 0.3) is 33.4 Å². The Balaban J connectivity index is 0.000000187. The Kier molecular flexibility index (Phi) is 10.1. The number of nitrogen functional groups attached to an aromatic ring is 5. The molecule has 0 saturated carbocycles. The van der Waals surface area contributed by atoms with Crippen molar-refractivity contribution in [1.82, 2.24) is 0 Å². The molecular weight excluding hydrogens is 627 g/mol. The first kappa shape index (κ1) is 34.0. The highest BCUT2D eigenvalue weighted by Gasteiger charge is 2.09. The molecule has 7 rings (SSSR count). The van der Waals surface area contributed by atoms with Crippen molar-refractivity contribution in [3.63, 3.8) is 0 Å². The third kappa shape index (κ3) is 8.24. The SMILES string of the molecule is CN(c1ccc(N)cc1)c1ccc(-c2ccc(N(C)c3ccc(N)cc3)cc2)cc1.Nc1ccc(-c2ccc(N)cc2-c2ccc(N)cc2)cc1. The molecule has 0 aliphatic heterocycles. The summed E-state index contributed by atoms with van der Waals surface area (Å²) in [6.07, 6.45) is 0. The molecule has 254 valence electrons. The van der Waals surface area contributed by atoms with Crippen LogP contribution in [-0.4, -0.2) is 14.1 Å². The molecule has 7 aromatic rings. The van der Waals surface area contributed by atoms with E-state index in [-0.39, 0.29) is 0 Å². The van der Waals surface area contributed by atoms with Crippen molar-refractivity contribution in [3.8, 4) is 33.4 Å². The molecule has 0 fully saturated rings. The number of benzene rings is 7. The minimum Gasteiger partial charge on any atom is -0.399 e. The van der Waals surface area contributed by atoms with Gasteiger partial charge in [-0.25, -0.2) is 0 Å². The molecule has 0 unspecified atom stereocenters. The molecule has 0 aliphatic rings. The van der Waals surface area contributed by atoms with Crippen molar-refractivity contribution in [1.29, 1.82) is 0 Å². The smallest absolute Gasteiger partial charge is 0.0409 e. The van der Waals surface area contributed by atoms with Crippen LogP contribution in [0, 0.1) is 0 Å². The summed E-state index contributed by atoms with van der Waals surface area (Å²) in [6.45, 7) is 0. The third-order valence-corrected chi connectivity index (χ3v) is 8.89. The van der Waals surface area contributed by atoms with Gasteiger partial charge in [0.1, 0.15) is 0 Å². The van der Waals surface area contributed by atoms with E-state index in [2.05, 4.69) is 72.4 Å². The summed E-state index contributed by atoms with van der Waals surface area (Å²) in [5.41, 5.74) is 44.1. The van der Waals surface area contributed by atoms with Crippen molar-refractivity contribution in [3.05, 3.63) is 164 Å². The Hall–Kier alpha value is -6.86. The zero-order valence-electron chi connectivity index (χ0n) is 28.9. The molecule has 0 aromatic heterocycles. The number of hydrogen-bond acceptors (Lipinski definition) is 7.